The van der Waals surface area contributed by atoms with Crippen molar-refractivity contribution in [2.45, 2.75) is 0 Å². The Hall–Kier alpha value is -3.58. The van der Waals surface area contributed by atoms with Crippen molar-refractivity contribution < 1.29 is 9.59 Å². The first-order valence-electron chi connectivity index (χ1n) is 8.08. The first-order valence-corrected chi connectivity index (χ1v) is 8.96. The van der Waals surface area contributed by atoms with Gasteiger partial charge in [0.1, 0.15) is 5.70 Å². The summed E-state index contributed by atoms with van der Waals surface area (Å²) in [4.78, 5) is 29.8. The lowest BCUT2D eigenvalue weighted by molar-refractivity contribution is -0.117. The molecule has 0 aliphatic carbocycles. The number of thiophene rings is 1. The number of hydrogen-bond acceptors (Lipinski definition) is 5. The van der Waals surface area contributed by atoms with Crippen LogP contribution in [0, 0.1) is 0 Å². The van der Waals surface area contributed by atoms with Gasteiger partial charge in [-0.15, -0.1) is 11.3 Å². The molecule has 134 valence electrons. The van der Waals surface area contributed by atoms with Crippen LogP contribution in [0.15, 0.2) is 83.0 Å². The second-order valence-electron chi connectivity index (χ2n) is 5.35. The minimum Gasteiger partial charge on any atom is -0.317 e. The Morgan fingerprint density at radius 3 is 2.52 bits per heavy atom. The summed E-state index contributed by atoms with van der Waals surface area (Å²) < 4.78 is 0. The van der Waals surface area contributed by atoms with Gasteiger partial charge in [-0.2, -0.15) is 5.10 Å². The van der Waals surface area contributed by atoms with Gasteiger partial charge in [0.05, 0.1) is 11.9 Å². The highest BCUT2D eigenvalue weighted by atomic mass is 32.1. The number of rotatable bonds is 6. The molecule has 3 rings (SSSR count). The van der Waals surface area contributed by atoms with Crippen LogP contribution in [0.2, 0.25) is 0 Å². The van der Waals surface area contributed by atoms with Gasteiger partial charge in [0, 0.05) is 16.6 Å². The van der Waals surface area contributed by atoms with E-state index in [2.05, 4.69) is 20.8 Å². The van der Waals surface area contributed by atoms with Crippen LogP contribution in [0.5, 0.6) is 0 Å². The van der Waals surface area contributed by atoms with Crippen molar-refractivity contribution in [1.29, 1.82) is 0 Å². The lowest BCUT2D eigenvalue weighted by atomic mass is 10.2. The summed E-state index contributed by atoms with van der Waals surface area (Å²) >= 11 is 1.46. The van der Waals surface area contributed by atoms with E-state index < -0.39 is 5.91 Å². The van der Waals surface area contributed by atoms with Gasteiger partial charge < -0.3 is 5.32 Å². The zero-order chi connectivity index (χ0) is 18.9. The van der Waals surface area contributed by atoms with E-state index in [-0.39, 0.29) is 11.6 Å². The minimum atomic E-state index is -0.528. The Balaban J connectivity index is 1.74. The molecule has 2 heterocycles. The van der Waals surface area contributed by atoms with Crippen LogP contribution in [0.3, 0.4) is 0 Å². The molecule has 3 aromatic rings. The van der Waals surface area contributed by atoms with Gasteiger partial charge in [0.2, 0.25) is 0 Å². The number of nitrogens with one attached hydrogen (secondary N) is 2. The quantitative estimate of drug-likeness (QED) is 0.394. The van der Waals surface area contributed by atoms with E-state index in [0.717, 1.165) is 4.88 Å². The number of carbonyl (C=O) groups excluding carboxylic acids is 2. The summed E-state index contributed by atoms with van der Waals surface area (Å²) in [7, 11) is 0. The number of hydrazone groups is 1. The number of pyridine rings is 1. The average molecular weight is 376 g/mol. The second-order valence-corrected chi connectivity index (χ2v) is 6.33. The molecule has 0 atom stereocenters. The fourth-order valence-electron chi connectivity index (χ4n) is 2.13. The third kappa shape index (κ3) is 5.45. The molecule has 0 unspecified atom stereocenters. The Labute approximate surface area is 160 Å². The molecule has 2 N–H and O–H groups in total. The third-order valence-corrected chi connectivity index (χ3v) is 4.23. The maximum Gasteiger partial charge on any atom is 0.287 e. The number of carbonyl (C=O) groups is 2. The highest BCUT2D eigenvalue weighted by Gasteiger charge is 2.14. The lowest BCUT2D eigenvalue weighted by Gasteiger charge is -2.08. The molecular weight excluding hydrogens is 360 g/mol. The maximum absolute atomic E-state index is 12.5. The van der Waals surface area contributed by atoms with Crippen LogP contribution in [-0.4, -0.2) is 23.0 Å². The van der Waals surface area contributed by atoms with Gasteiger partial charge in [0.15, 0.2) is 0 Å². The van der Waals surface area contributed by atoms with Crippen molar-refractivity contribution >= 4 is 35.4 Å². The largest absolute Gasteiger partial charge is 0.317 e. The summed E-state index contributed by atoms with van der Waals surface area (Å²) in [5.41, 5.74) is 3.58. The SMILES string of the molecule is O=C(N/N=C\c1ccccn1)/C(=C\c1cccs1)NC(=O)c1ccccc1. The van der Waals surface area contributed by atoms with Crippen molar-refractivity contribution in [1.82, 2.24) is 15.7 Å². The summed E-state index contributed by atoms with van der Waals surface area (Å²) in [5.74, 6) is -0.901. The number of benzene rings is 1. The zero-order valence-corrected chi connectivity index (χ0v) is 15.0. The van der Waals surface area contributed by atoms with Gasteiger partial charge in [-0.1, -0.05) is 30.3 Å². The van der Waals surface area contributed by atoms with Crippen LogP contribution < -0.4 is 10.7 Å². The average Bonchev–Trinajstić information content (AvgIpc) is 3.22. The van der Waals surface area contributed by atoms with Gasteiger partial charge in [-0.05, 0) is 41.8 Å². The van der Waals surface area contributed by atoms with E-state index in [4.69, 9.17) is 0 Å². The lowest BCUT2D eigenvalue weighted by Crippen LogP contribution is -2.32. The summed E-state index contributed by atoms with van der Waals surface area (Å²) in [6.45, 7) is 0. The van der Waals surface area contributed by atoms with Crippen LogP contribution in [0.25, 0.3) is 6.08 Å². The predicted octanol–water partition coefficient (Wildman–Crippen LogP) is 3.06. The molecule has 0 saturated heterocycles. The molecule has 27 heavy (non-hydrogen) atoms. The van der Waals surface area contributed by atoms with Crippen molar-refractivity contribution in [3.05, 3.63) is 94.1 Å². The predicted molar refractivity (Wildman–Crippen MR) is 106 cm³/mol. The van der Waals surface area contributed by atoms with Crippen LogP contribution in [0.4, 0.5) is 0 Å². The van der Waals surface area contributed by atoms with E-state index in [9.17, 15) is 9.59 Å². The van der Waals surface area contributed by atoms with Gasteiger partial charge in [-0.25, -0.2) is 5.43 Å². The van der Waals surface area contributed by atoms with Crippen molar-refractivity contribution in [2.75, 3.05) is 0 Å². The fourth-order valence-corrected chi connectivity index (χ4v) is 2.78. The summed E-state index contributed by atoms with van der Waals surface area (Å²) in [5, 5.41) is 8.43. The Morgan fingerprint density at radius 1 is 1.00 bits per heavy atom. The van der Waals surface area contributed by atoms with Gasteiger partial charge in [0.25, 0.3) is 11.8 Å². The molecule has 0 fully saturated rings. The van der Waals surface area contributed by atoms with E-state index in [1.165, 1.54) is 17.6 Å². The number of nitrogens with zero attached hydrogens (tertiary/aromatic N) is 2. The molecule has 7 heteroatoms. The van der Waals surface area contributed by atoms with Crippen molar-refractivity contribution in [2.24, 2.45) is 5.10 Å². The third-order valence-electron chi connectivity index (χ3n) is 3.41. The Bertz CT molecular complexity index is 952. The Kier molecular flexibility index (Phi) is 6.21. The zero-order valence-electron chi connectivity index (χ0n) is 14.2. The Morgan fingerprint density at radius 2 is 1.81 bits per heavy atom. The normalized spacial score (nSPS) is 11.3. The van der Waals surface area contributed by atoms with E-state index in [1.54, 1.807) is 48.7 Å². The van der Waals surface area contributed by atoms with E-state index in [0.29, 0.717) is 11.3 Å². The highest BCUT2D eigenvalue weighted by molar-refractivity contribution is 7.10. The highest BCUT2D eigenvalue weighted by Crippen LogP contribution is 2.13. The standard InChI is InChI=1S/C20H16N4O2S/c25-19(15-7-2-1-3-8-15)23-18(13-17-10-6-12-27-17)20(26)24-22-14-16-9-4-5-11-21-16/h1-14H,(H,23,25)(H,24,26)/b18-13+,22-14-. The molecule has 1 aromatic carbocycles. The molecule has 0 spiro atoms. The topological polar surface area (TPSA) is 83.4 Å². The monoisotopic (exact) mass is 376 g/mol. The molecule has 2 aromatic heterocycles. The number of amides is 2. The summed E-state index contributed by atoms with van der Waals surface area (Å²) in [6.07, 6.45) is 4.67. The van der Waals surface area contributed by atoms with Crippen LogP contribution in [-0.2, 0) is 4.79 Å². The summed E-state index contributed by atoms with van der Waals surface area (Å²) in [6, 6.07) is 17.8. The molecule has 2 amide bonds. The number of aromatic nitrogens is 1. The van der Waals surface area contributed by atoms with E-state index in [1.807, 2.05) is 29.6 Å². The number of hydrogen-bond donors (Lipinski definition) is 2. The smallest absolute Gasteiger partial charge is 0.287 e. The van der Waals surface area contributed by atoms with Crippen LogP contribution >= 0.6 is 11.3 Å². The second kappa shape index (κ2) is 9.21. The van der Waals surface area contributed by atoms with Crippen molar-refractivity contribution in [3.63, 3.8) is 0 Å². The molecule has 0 radical (unpaired) electrons. The molecule has 0 aliphatic heterocycles. The fraction of sp³-hybridized carbons (Fsp3) is 0. The molecule has 6 nitrogen and oxygen atoms in total. The van der Waals surface area contributed by atoms with Gasteiger partial charge in [-0.3, -0.25) is 14.6 Å². The molecule has 0 bridgehead atoms. The van der Waals surface area contributed by atoms with Crippen LogP contribution in [0.1, 0.15) is 20.9 Å². The minimum absolute atomic E-state index is 0.101. The molecule has 0 aliphatic rings. The first-order chi connectivity index (χ1) is 13.2. The van der Waals surface area contributed by atoms with E-state index >= 15 is 0 Å². The molecule has 0 saturated carbocycles. The maximum atomic E-state index is 12.5. The first kappa shape index (κ1) is 18.2. The van der Waals surface area contributed by atoms with Gasteiger partial charge >= 0.3 is 0 Å². The molecular formula is C20H16N4O2S. The van der Waals surface area contributed by atoms with Crippen molar-refractivity contribution in [3.8, 4) is 0 Å².